The summed E-state index contributed by atoms with van der Waals surface area (Å²) in [7, 11) is 0. The minimum Gasteiger partial charge on any atom is -0.352 e. The topological polar surface area (TPSA) is 58.2 Å². The highest BCUT2D eigenvalue weighted by molar-refractivity contribution is 7.99. The Hall–Kier alpha value is -1.49. The van der Waals surface area contributed by atoms with Crippen LogP contribution in [0.2, 0.25) is 0 Å². The molecule has 0 aromatic heterocycles. The van der Waals surface area contributed by atoms with Crippen LogP contribution in [0, 0.1) is 13.8 Å². The van der Waals surface area contributed by atoms with Crippen LogP contribution in [0.15, 0.2) is 23.1 Å². The number of nitrogens with one attached hydrogen (secondary N) is 2. The Morgan fingerprint density at radius 1 is 1.14 bits per heavy atom. The van der Waals surface area contributed by atoms with Crippen molar-refractivity contribution in [3.8, 4) is 0 Å². The zero-order valence-electron chi connectivity index (χ0n) is 13.2. The predicted octanol–water partition coefficient (Wildman–Crippen LogP) is 2.43. The van der Waals surface area contributed by atoms with Crippen LogP contribution in [0.3, 0.4) is 0 Å². The van der Waals surface area contributed by atoms with Crippen molar-refractivity contribution >= 4 is 23.6 Å². The highest BCUT2D eigenvalue weighted by Gasteiger charge is 2.06. The van der Waals surface area contributed by atoms with Gasteiger partial charge in [-0.15, -0.1) is 11.8 Å². The molecule has 1 rings (SSSR count). The third-order valence-corrected chi connectivity index (χ3v) is 3.97. The lowest BCUT2D eigenvalue weighted by atomic mass is 10.1. The number of rotatable bonds is 7. The summed E-state index contributed by atoms with van der Waals surface area (Å²) < 4.78 is 0. The lowest BCUT2D eigenvalue weighted by Gasteiger charge is -2.09. The van der Waals surface area contributed by atoms with Crippen molar-refractivity contribution in [1.82, 2.24) is 10.6 Å². The molecule has 0 bridgehead atoms. The van der Waals surface area contributed by atoms with Crippen LogP contribution in [0.5, 0.6) is 0 Å². The molecule has 0 atom stereocenters. The number of hydrogen-bond donors (Lipinski definition) is 2. The number of carbonyl (C=O) groups is 2. The third kappa shape index (κ3) is 7.18. The van der Waals surface area contributed by atoms with E-state index in [-0.39, 0.29) is 24.4 Å². The lowest BCUT2D eigenvalue weighted by molar-refractivity contribution is -0.126. The van der Waals surface area contributed by atoms with Crippen LogP contribution in [0.4, 0.5) is 0 Å². The van der Waals surface area contributed by atoms with Crippen molar-refractivity contribution in [2.75, 3.05) is 12.3 Å². The van der Waals surface area contributed by atoms with Gasteiger partial charge in [0.15, 0.2) is 0 Å². The first-order valence-electron chi connectivity index (χ1n) is 7.14. The Labute approximate surface area is 131 Å². The van der Waals surface area contributed by atoms with E-state index < -0.39 is 0 Å². The normalized spacial score (nSPS) is 10.5. The van der Waals surface area contributed by atoms with Crippen molar-refractivity contribution in [1.29, 1.82) is 0 Å². The summed E-state index contributed by atoms with van der Waals surface area (Å²) in [5.74, 6) is 0.463. The van der Waals surface area contributed by atoms with Crippen LogP contribution in [-0.2, 0) is 9.59 Å². The minimum atomic E-state index is -0.153. The van der Waals surface area contributed by atoms with Gasteiger partial charge in [0, 0.05) is 23.1 Å². The first kappa shape index (κ1) is 17.6. The summed E-state index contributed by atoms with van der Waals surface area (Å²) in [5, 5.41) is 5.36. The molecule has 4 nitrogen and oxygen atoms in total. The number of carbonyl (C=O) groups excluding carboxylic acids is 2. The maximum absolute atomic E-state index is 11.6. The summed E-state index contributed by atoms with van der Waals surface area (Å²) in [5.41, 5.74) is 2.53. The van der Waals surface area contributed by atoms with E-state index in [1.54, 1.807) is 11.8 Å². The van der Waals surface area contributed by atoms with Crippen molar-refractivity contribution in [2.45, 2.75) is 45.1 Å². The molecule has 2 amide bonds. The van der Waals surface area contributed by atoms with Gasteiger partial charge in [-0.05, 0) is 51.0 Å². The van der Waals surface area contributed by atoms with Gasteiger partial charge in [0.1, 0.15) is 0 Å². The Morgan fingerprint density at radius 3 is 2.48 bits per heavy atom. The van der Waals surface area contributed by atoms with E-state index in [1.807, 2.05) is 13.8 Å². The van der Waals surface area contributed by atoms with Gasteiger partial charge < -0.3 is 10.6 Å². The molecule has 1 aromatic carbocycles. The number of aryl methyl sites for hydroxylation is 2. The van der Waals surface area contributed by atoms with Gasteiger partial charge in [-0.2, -0.15) is 0 Å². The van der Waals surface area contributed by atoms with Crippen molar-refractivity contribution < 1.29 is 9.59 Å². The summed E-state index contributed by atoms with van der Waals surface area (Å²) >= 11 is 1.66. The largest absolute Gasteiger partial charge is 0.352 e. The maximum Gasteiger partial charge on any atom is 0.239 e. The zero-order valence-corrected chi connectivity index (χ0v) is 14.0. The van der Waals surface area contributed by atoms with E-state index >= 15 is 0 Å². The second-order valence-corrected chi connectivity index (χ2v) is 6.51. The van der Waals surface area contributed by atoms with Gasteiger partial charge >= 0.3 is 0 Å². The van der Waals surface area contributed by atoms with Gasteiger partial charge in [-0.1, -0.05) is 6.07 Å². The van der Waals surface area contributed by atoms with E-state index in [0.29, 0.717) is 12.2 Å². The molecule has 1 aromatic rings. The van der Waals surface area contributed by atoms with Crippen LogP contribution in [0.1, 0.15) is 31.4 Å². The average molecular weight is 308 g/mol. The second-order valence-electron chi connectivity index (χ2n) is 5.34. The number of benzene rings is 1. The highest BCUT2D eigenvalue weighted by Crippen LogP contribution is 2.21. The summed E-state index contributed by atoms with van der Waals surface area (Å²) in [4.78, 5) is 24.2. The lowest BCUT2D eigenvalue weighted by Crippen LogP contribution is -2.39. The second kappa shape index (κ2) is 8.72. The van der Waals surface area contributed by atoms with Gasteiger partial charge in [-0.3, -0.25) is 9.59 Å². The molecule has 0 aliphatic rings. The first-order valence-corrected chi connectivity index (χ1v) is 8.13. The van der Waals surface area contributed by atoms with Crippen LogP contribution < -0.4 is 10.6 Å². The number of amides is 2. The van der Waals surface area contributed by atoms with E-state index in [0.717, 1.165) is 0 Å². The molecule has 21 heavy (non-hydrogen) atoms. The molecule has 0 spiro atoms. The quantitative estimate of drug-likeness (QED) is 0.761. The number of thioether (sulfide) groups is 1. The SMILES string of the molecule is Cc1ccc(SCCC(=O)NCC(=O)NC(C)C)cc1C. The van der Waals surface area contributed by atoms with Crippen LogP contribution >= 0.6 is 11.8 Å². The molecule has 0 heterocycles. The first-order chi connectivity index (χ1) is 9.88. The molecule has 0 fully saturated rings. The summed E-state index contributed by atoms with van der Waals surface area (Å²) in [6.45, 7) is 7.99. The molecule has 2 N–H and O–H groups in total. The average Bonchev–Trinajstić information content (AvgIpc) is 2.40. The van der Waals surface area contributed by atoms with Gasteiger partial charge in [0.25, 0.3) is 0 Å². The molecule has 0 aliphatic heterocycles. The van der Waals surface area contributed by atoms with E-state index in [9.17, 15) is 9.59 Å². The predicted molar refractivity (Wildman–Crippen MR) is 87.5 cm³/mol. The van der Waals surface area contributed by atoms with Crippen LogP contribution in [-0.4, -0.2) is 30.2 Å². The molecule has 0 aliphatic carbocycles. The third-order valence-electron chi connectivity index (χ3n) is 2.97. The molecule has 0 saturated heterocycles. The van der Waals surface area contributed by atoms with Crippen LogP contribution in [0.25, 0.3) is 0 Å². The van der Waals surface area contributed by atoms with Crippen molar-refractivity contribution in [2.24, 2.45) is 0 Å². The fraction of sp³-hybridized carbons (Fsp3) is 0.500. The number of hydrogen-bond acceptors (Lipinski definition) is 3. The molecular weight excluding hydrogens is 284 g/mol. The molecule has 0 saturated carbocycles. The standard InChI is InChI=1S/C16H24N2O2S/c1-11(2)18-16(20)10-17-15(19)7-8-21-14-6-5-12(3)13(4)9-14/h5-6,9,11H,7-8,10H2,1-4H3,(H,17,19)(H,18,20). The Morgan fingerprint density at radius 2 is 1.86 bits per heavy atom. The van der Waals surface area contributed by atoms with Gasteiger partial charge in [0.2, 0.25) is 11.8 Å². The fourth-order valence-corrected chi connectivity index (χ4v) is 2.65. The molecule has 0 radical (unpaired) electrons. The Balaban J connectivity index is 2.24. The maximum atomic E-state index is 11.6. The molecule has 0 unspecified atom stereocenters. The summed E-state index contributed by atoms with van der Waals surface area (Å²) in [6.07, 6.45) is 0.409. The monoisotopic (exact) mass is 308 g/mol. The highest BCUT2D eigenvalue weighted by atomic mass is 32.2. The fourth-order valence-electron chi connectivity index (χ4n) is 1.71. The zero-order chi connectivity index (χ0) is 15.8. The Kier molecular flexibility index (Phi) is 7.29. The van der Waals surface area contributed by atoms with Gasteiger partial charge in [0.05, 0.1) is 6.54 Å². The molecule has 5 heteroatoms. The van der Waals surface area contributed by atoms with Crippen molar-refractivity contribution in [3.05, 3.63) is 29.3 Å². The Bertz CT molecular complexity index is 501. The van der Waals surface area contributed by atoms with E-state index in [4.69, 9.17) is 0 Å². The van der Waals surface area contributed by atoms with Gasteiger partial charge in [-0.25, -0.2) is 0 Å². The smallest absolute Gasteiger partial charge is 0.239 e. The molecular formula is C16H24N2O2S. The van der Waals surface area contributed by atoms with Crippen molar-refractivity contribution in [3.63, 3.8) is 0 Å². The van der Waals surface area contributed by atoms with E-state index in [2.05, 4.69) is 42.7 Å². The van der Waals surface area contributed by atoms with E-state index in [1.165, 1.54) is 16.0 Å². The molecule has 116 valence electrons. The summed E-state index contributed by atoms with van der Waals surface area (Å²) in [6, 6.07) is 6.39. The minimum absolute atomic E-state index is 0.0469.